The highest BCUT2D eigenvalue weighted by molar-refractivity contribution is 5.74. The van der Waals surface area contributed by atoms with Crippen LogP contribution in [0.4, 0.5) is 10.6 Å². The first-order chi connectivity index (χ1) is 13.7. The summed E-state index contributed by atoms with van der Waals surface area (Å²) < 4.78 is 0. The number of hydrogen-bond donors (Lipinski definition) is 2. The number of nitrogens with one attached hydrogen (secondary N) is 2. The maximum Gasteiger partial charge on any atom is 0.317 e. The van der Waals surface area contributed by atoms with Crippen LogP contribution in [0.25, 0.3) is 0 Å². The number of pyridine rings is 2. The molecule has 0 bridgehead atoms. The minimum atomic E-state index is 0.0176. The molecule has 2 aromatic rings. The van der Waals surface area contributed by atoms with E-state index in [0.717, 1.165) is 61.5 Å². The van der Waals surface area contributed by atoms with Crippen molar-refractivity contribution in [2.75, 3.05) is 25.0 Å². The van der Waals surface area contributed by atoms with Crippen molar-refractivity contribution in [1.82, 2.24) is 20.2 Å². The van der Waals surface area contributed by atoms with Gasteiger partial charge < -0.3 is 15.5 Å². The Hall–Kier alpha value is -2.63. The molecule has 0 spiro atoms. The lowest BCUT2D eigenvalue weighted by Gasteiger charge is -2.21. The molecule has 2 aromatic heterocycles. The van der Waals surface area contributed by atoms with Gasteiger partial charge in [0.25, 0.3) is 0 Å². The van der Waals surface area contributed by atoms with Crippen LogP contribution in [-0.4, -0.2) is 40.5 Å². The lowest BCUT2D eigenvalue weighted by Crippen LogP contribution is -2.40. The summed E-state index contributed by atoms with van der Waals surface area (Å²) in [6.45, 7) is 5.26. The number of fused-ring (bicyclic) bond motifs is 2. The van der Waals surface area contributed by atoms with Gasteiger partial charge in [-0.05, 0) is 55.4 Å². The van der Waals surface area contributed by atoms with E-state index >= 15 is 0 Å². The summed E-state index contributed by atoms with van der Waals surface area (Å²) in [6, 6.07) is 8.36. The number of rotatable bonds is 4. The minimum absolute atomic E-state index is 0.0176. The summed E-state index contributed by atoms with van der Waals surface area (Å²) in [5.74, 6) is 1.43. The molecule has 2 amide bonds. The molecule has 1 atom stereocenters. The van der Waals surface area contributed by atoms with Crippen LogP contribution in [0.2, 0.25) is 0 Å². The Balaban J connectivity index is 1.27. The smallest absolute Gasteiger partial charge is 0.317 e. The Morgan fingerprint density at radius 1 is 1.32 bits per heavy atom. The van der Waals surface area contributed by atoms with Gasteiger partial charge in [0.2, 0.25) is 0 Å². The number of anilines is 1. The first kappa shape index (κ1) is 18.7. The Kier molecular flexibility index (Phi) is 5.74. The summed E-state index contributed by atoms with van der Waals surface area (Å²) in [7, 11) is 0. The van der Waals surface area contributed by atoms with Crippen molar-refractivity contribution in [3.05, 3.63) is 53.0 Å². The average molecular weight is 380 g/mol. The van der Waals surface area contributed by atoms with Crippen LogP contribution < -0.4 is 10.6 Å². The molecule has 6 nitrogen and oxygen atoms in total. The zero-order chi connectivity index (χ0) is 19.3. The van der Waals surface area contributed by atoms with Gasteiger partial charge in [-0.2, -0.15) is 0 Å². The Morgan fingerprint density at radius 3 is 3.18 bits per heavy atom. The summed E-state index contributed by atoms with van der Waals surface area (Å²) >= 11 is 0. The number of carbonyl (C=O) groups excluding carboxylic acids is 1. The molecule has 28 heavy (non-hydrogen) atoms. The predicted octanol–water partition coefficient (Wildman–Crippen LogP) is 3.49. The molecule has 6 heteroatoms. The second-order valence-corrected chi connectivity index (χ2v) is 7.84. The fourth-order valence-electron chi connectivity index (χ4n) is 4.06. The van der Waals surface area contributed by atoms with Crippen LogP contribution in [0.3, 0.4) is 0 Å². The second kappa shape index (κ2) is 8.59. The minimum Gasteiger partial charge on any atom is -0.370 e. The SMILES string of the molecule is CC1CCN(C(=O)NCCCc2ccc3c(n2)NCCC3)Cc2cccnc21. The van der Waals surface area contributed by atoms with Gasteiger partial charge in [0, 0.05) is 49.7 Å². The van der Waals surface area contributed by atoms with E-state index in [1.807, 2.05) is 17.2 Å². The topological polar surface area (TPSA) is 70.2 Å². The third-order valence-corrected chi connectivity index (χ3v) is 5.71. The van der Waals surface area contributed by atoms with Crippen molar-refractivity contribution in [3.8, 4) is 0 Å². The highest BCUT2D eigenvalue weighted by Gasteiger charge is 2.23. The van der Waals surface area contributed by atoms with E-state index in [0.29, 0.717) is 19.0 Å². The maximum absolute atomic E-state index is 12.6. The van der Waals surface area contributed by atoms with E-state index in [1.165, 1.54) is 12.0 Å². The van der Waals surface area contributed by atoms with Crippen LogP contribution >= 0.6 is 0 Å². The highest BCUT2D eigenvalue weighted by atomic mass is 16.2. The molecule has 0 saturated carbocycles. The number of urea groups is 1. The zero-order valence-electron chi connectivity index (χ0n) is 16.6. The molecule has 2 aliphatic heterocycles. The average Bonchev–Trinajstić information content (AvgIpc) is 2.90. The summed E-state index contributed by atoms with van der Waals surface area (Å²) in [6.07, 6.45) is 6.84. The van der Waals surface area contributed by atoms with E-state index < -0.39 is 0 Å². The molecule has 0 radical (unpaired) electrons. The molecule has 4 heterocycles. The zero-order valence-corrected chi connectivity index (χ0v) is 16.6. The molecule has 0 aromatic carbocycles. The van der Waals surface area contributed by atoms with Crippen molar-refractivity contribution in [1.29, 1.82) is 0 Å². The number of nitrogens with zero attached hydrogens (tertiary/aromatic N) is 3. The largest absolute Gasteiger partial charge is 0.370 e. The van der Waals surface area contributed by atoms with Gasteiger partial charge in [-0.25, -0.2) is 9.78 Å². The van der Waals surface area contributed by atoms with E-state index in [2.05, 4.69) is 40.7 Å². The number of amides is 2. The van der Waals surface area contributed by atoms with Gasteiger partial charge in [-0.15, -0.1) is 0 Å². The molecule has 1 unspecified atom stereocenters. The lowest BCUT2D eigenvalue weighted by atomic mass is 10.0. The second-order valence-electron chi connectivity index (χ2n) is 7.84. The van der Waals surface area contributed by atoms with Crippen molar-refractivity contribution in [2.45, 2.75) is 51.5 Å². The van der Waals surface area contributed by atoms with E-state index in [1.54, 1.807) is 0 Å². The van der Waals surface area contributed by atoms with Crippen molar-refractivity contribution >= 4 is 11.8 Å². The van der Waals surface area contributed by atoms with Crippen LogP contribution in [0.15, 0.2) is 30.5 Å². The Labute approximate surface area is 166 Å². The molecule has 4 rings (SSSR count). The Bertz CT molecular complexity index is 837. The summed E-state index contributed by atoms with van der Waals surface area (Å²) in [4.78, 5) is 23.8. The fourth-order valence-corrected chi connectivity index (χ4v) is 4.06. The fraction of sp³-hybridized carbons (Fsp3) is 0.500. The third-order valence-electron chi connectivity index (χ3n) is 5.71. The standard InChI is InChI=1S/C22H29N5O/c1-16-10-14-27(15-18-6-3-11-23-20(16)18)22(28)25-13-4-7-19-9-8-17-5-2-12-24-21(17)26-19/h3,6,8-9,11,16H,2,4-5,7,10,12-15H2,1H3,(H,24,26)(H,25,28). The van der Waals surface area contributed by atoms with Crippen LogP contribution in [0.5, 0.6) is 0 Å². The Morgan fingerprint density at radius 2 is 2.25 bits per heavy atom. The summed E-state index contributed by atoms with van der Waals surface area (Å²) in [5, 5.41) is 6.46. The number of aryl methyl sites for hydroxylation is 2. The van der Waals surface area contributed by atoms with Gasteiger partial charge >= 0.3 is 6.03 Å². The van der Waals surface area contributed by atoms with Gasteiger partial charge in [0.05, 0.1) is 0 Å². The number of aromatic nitrogens is 2. The molecule has 0 fully saturated rings. The first-order valence-electron chi connectivity index (χ1n) is 10.4. The van der Waals surface area contributed by atoms with Gasteiger partial charge in [0.1, 0.15) is 5.82 Å². The monoisotopic (exact) mass is 379 g/mol. The first-order valence-corrected chi connectivity index (χ1v) is 10.4. The molecule has 148 valence electrons. The maximum atomic E-state index is 12.6. The normalized spacial score (nSPS) is 18.5. The molecular weight excluding hydrogens is 350 g/mol. The molecular formula is C22H29N5O. The molecule has 2 aliphatic rings. The predicted molar refractivity (Wildman–Crippen MR) is 110 cm³/mol. The van der Waals surface area contributed by atoms with Gasteiger partial charge in [0.15, 0.2) is 0 Å². The summed E-state index contributed by atoms with van der Waals surface area (Å²) in [5.41, 5.74) is 4.69. The lowest BCUT2D eigenvalue weighted by molar-refractivity contribution is 0.195. The van der Waals surface area contributed by atoms with Crippen molar-refractivity contribution < 1.29 is 4.79 Å². The van der Waals surface area contributed by atoms with Crippen LogP contribution in [-0.2, 0) is 19.4 Å². The van der Waals surface area contributed by atoms with Gasteiger partial charge in [-0.3, -0.25) is 4.98 Å². The van der Waals surface area contributed by atoms with Crippen molar-refractivity contribution in [2.24, 2.45) is 0 Å². The highest BCUT2D eigenvalue weighted by Crippen LogP contribution is 2.26. The van der Waals surface area contributed by atoms with Crippen molar-refractivity contribution in [3.63, 3.8) is 0 Å². The molecule has 0 aliphatic carbocycles. The van der Waals surface area contributed by atoms with E-state index in [9.17, 15) is 4.79 Å². The molecule has 2 N–H and O–H groups in total. The quantitative estimate of drug-likeness (QED) is 0.798. The number of hydrogen-bond acceptors (Lipinski definition) is 4. The van der Waals surface area contributed by atoms with Crippen LogP contribution in [0, 0.1) is 0 Å². The van der Waals surface area contributed by atoms with E-state index in [-0.39, 0.29) is 6.03 Å². The van der Waals surface area contributed by atoms with Gasteiger partial charge in [-0.1, -0.05) is 19.1 Å². The third kappa shape index (κ3) is 4.26. The number of carbonyl (C=O) groups is 1. The van der Waals surface area contributed by atoms with E-state index in [4.69, 9.17) is 4.98 Å². The van der Waals surface area contributed by atoms with Crippen LogP contribution in [0.1, 0.15) is 54.6 Å². The molecule has 0 saturated heterocycles.